The Balaban J connectivity index is 2.68. The van der Waals surface area contributed by atoms with Crippen molar-refractivity contribution >= 4 is 63.7 Å². The molecule has 2 rings (SSSR count). The van der Waals surface area contributed by atoms with E-state index in [1.165, 1.54) is 0 Å². The van der Waals surface area contributed by atoms with Crippen LogP contribution in [-0.4, -0.2) is 5.11 Å². The summed E-state index contributed by atoms with van der Waals surface area (Å²) in [7, 11) is 0. The molecule has 0 amide bonds. The minimum atomic E-state index is 0.233. The van der Waals surface area contributed by atoms with Gasteiger partial charge in [-0.15, -0.1) is 0 Å². The van der Waals surface area contributed by atoms with Gasteiger partial charge in [0.05, 0.1) is 4.47 Å². The van der Waals surface area contributed by atoms with Gasteiger partial charge in [-0.1, -0.05) is 53.9 Å². The van der Waals surface area contributed by atoms with Crippen molar-refractivity contribution in [3.05, 3.63) is 48.2 Å². The lowest BCUT2D eigenvalue weighted by Crippen LogP contribution is -1.83. The predicted molar refractivity (Wildman–Crippen MR) is 84.3 cm³/mol. The number of phenolic OH excluding ortho intramolecular Hbond substituents is 1. The van der Waals surface area contributed by atoms with E-state index in [0.717, 1.165) is 24.5 Å². The van der Waals surface area contributed by atoms with E-state index in [1.54, 1.807) is 0 Å². The smallest absolute Gasteiger partial charge is 0.137 e. The van der Waals surface area contributed by atoms with Crippen LogP contribution in [0.25, 0.3) is 11.1 Å². The first-order chi connectivity index (χ1) is 7.99. The Morgan fingerprint density at radius 3 is 2.00 bits per heavy atom. The molecule has 17 heavy (non-hydrogen) atoms. The highest BCUT2D eigenvalue weighted by Gasteiger charge is 2.12. The summed E-state index contributed by atoms with van der Waals surface area (Å²) < 4.78 is 3.48. The van der Waals surface area contributed by atoms with Gasteiger partial charge in [-0.25, -0.2) is 0 Å². The van der Waals surface area contributed by atoms with E-state index in [1.807, 2.05) is 30.3 Å². The number of rotatable bonds is 1. The fraction of sp³-hybridized carbons (Fsp3) is 0. The lowest BCUT2D eigenvalue weighted by atomic mass is 10.1. The molecule has 0 unspecified atom stereocenters. The van der Waals surface area contributed by atoms with E-state index < -0.39 is 0 Å². The van der Waals surface area contributed by atoms with E-state index in [0.29, 0.717) is 4.47 Å². The molecule has 0 spiro atoms. The maximum atomic E-state index is 10.1. The molecule has 5 heteroatoms. The number of aromatic hydroxyl groups is 1. The molecule has 0 saturated carbocycles. The van der Waals surface area contributed by atoms with E-state index >= 15 is 0 Å². The van der Waals surface area contributed by atoms with Crippen LogP contribution in [0.5, 0.6) is 5.75 Å². The number of hydrogen-bond acceptors (Lipinski definition) is 1. The highest BCUT2D eigenvalue weighted by atomic mass is 79.9. The molecule has 2 aromatic carbocycles. The van der Waals surface area contributed by atoms with Crippen LogP contribution < -0.4 is 0 Å². The average Bonchev–Trinajstić information content (AvgIpc) is 2.24. The summed E-state index contributed by atoms with van der Waals surface area (Å²) in [6.07, 6.45) is 0. The minimum absolute atomic E-state index is 0.233. The van der Waals surface area contributed by atoms with Crippen molar-refractivity contribution in [1.29, 1.82) is 0 Å². The van der Waals surface area contributed by atoms with E-state index in [2.05, 4.69) is 63.7 Å². The second kappa shape index (κ2) is 5.43. The molecule has 1 N–H and O–H groups in total. The molecule has 0 radical (unpaired) electrons. The monoisotopic (exact) mass is 482 g/mol. The number of hydrogen-bond donors (Lipinski definition) is 1. The van der Waals surface area contributed by atoms with Crippen LogP contribution in [0.4, 0.5) is 0 Å². The molecule has 88 valence electrons. The van der Waals surface area contributed by atoms with Crippen molar-refractivity contribution in [3.8, 4) is 16.9 Å². The molecule has 2 aromatic rings. The van der Waals surface area contributed by atoms with Gasteiger partial charge in [0.25, 0.3) is 0 Å². The van der Waals surface area contributed by atoms with E-state index in [-0.39, 0.29) is 5.75 Å². The summed E-state index contributed by atoms with van der Waals surface area (Å²) in [5.74, 6) is 0.233. The summed E-state index contributed by atoms with van der Waals surface area (Å²) in [6.45, 7) is 0. The fourth-order valence-corrected chi connectivity index (χ4v) is 3.97. The van der Waals surface area contributed by atoms with Crippen LogP contribution in [0.2, 0.25) is 0 Å². The lowest BCUT2D eigenvalue weighted by molar-refractivity contribution is 0.474. The van der Waals surface area contributed by atoms with Crippen molar-refractivity contribution in [2.45, 2.75) is 0 Å². The Morgan fingerprint density at radius 2 is 1.35 bits per heavy atom. The zero-order chi connectivity index (χ0) is 12.6. The van der Waals surface area contributed by atoms with Gasteiger partial charge in [0.2, 0.25) is 0 Å². The van der Waals surface area contributed by atoms with Gasteiger partial charge < -0.3 is 5.11 Å². The molecule has 0 aliphatic rings. The molecule has 0 aliphatic carbocycles. The van der Waals surface area contributed by atoms with Crippen LogP contribution in [0.15, 0.2) is 48.2 Å². The molecule has 0 aliphatic heterocycles. The van der Waals surface area contributed by atoms with E-state index in [9.17, 15) is 5.11 Å². The van der Waals surface area contributed by atoms with Crippen LogP contribution in [0.3, 0.4) is 0 Å². The highest BCUT2D eigenvalue weighted by Crippen LogP contribution is 2.41. The number of phenols is 1. The van der Waals surface area contributed by atoms with Crippen LogP contribution >= 0.6 is 63.7 Å². The van der Waals surface area contributed by atoms with Crippen molar-refractivity contribution in [2.75, 3.05) is 0 Å². The van der Waals surface area contributed by atoms with Gasteiger partial charge in [-0.3, -0.25) is 0 Å². The average molecular weight is 486 g/mol. The third-order valence-corrected chi connectivity index (χ3v) is 4.46. The Morgan fingerprint density at radius 1 is 0.706 bits per heavy atom. The largest absolute Gasteiger partial charge is 0.506 e. The summed E-state index contributed by atoms with van der Waals surface area (Å²) in [5, 5.41) is 10.1. The van der Waals surface area contributed by atoms with Crippen molar-refractivity contribution in [1.82, 2.24) is 0 Å². The van der Waals surface area contributed by atoms with Gasteiger partial charge in [-0.2, -0.15) is 0 Å². The molecule has 0 heterocycles. The normalized spacial score (nSPS) is 10.6. The first kappa shape index (κ1) is 13.6. The Hall–Kier alpha value is 0.160. The maximum Gasteiger partial charge on any atom is 0.137 e. The summed E-state index contributed by atoms with van der Waals surface area (Å²) in [4.78, 5) is 0. The molecule has 0 aromatic heterocycles. The SMILES string of the molecule is Oc1c(Br)cc(Br)cc1-c1ccc(Br)cc1Br. The first-order valence-electron chi connectivity index (χ1n) is 4.62. The molecule has 0 atom stereocenters. The topological polar surface area (TPSA) is 20.2 Å². The van der Waals surface area contributed by atoms with Crippen molar-refractivity contribution < 1.29 is 5.11 Å². The second-order valence-corrected chi connectivity index (χ2v) is 6.95. The van der Waals surface area contributed by atoms with Crippen LogP contribution in [-0.2, 0) is 0 Å². The van der Waals surface area contributed by atoms with Gasteiger partial charge in [0, 0.05) is 19.0 Å². The summed E-state index contributed by atoms with van der Waals surface area (Å²) in [6, 6.07) is 9.53. The van der Waals surface area contributed by atoms with E-state index in [4.69, 9.17) is 0 Å². The molecule has 0 saturated heterocycles. The molecule has 1 nitrogen and oxygen atoms in total. The zero-order valence-corrected chi connectivity index (χ0v) is 14.7. The van der Waals surface area contributed by atoms with Gasteiger partial charge >= 0.3 is 0 Å². The summed E-state index contributed by atoms with van der Waals surface area (Å²) >= 11 is 13.6. The zero-order valence-electron chi connectivity index (χ0n) is 8.35. The maximum absolute atomic E-state index is 10.1. The summed E-state index contributed by atoms with van der Waals surface area (Å²) in [5.41, 5.74) is 1.71. The highest BCUT2D eigenvalue weighted by molar-refractivity contribution is 9.11. The Bertz CT molecular complexity index is 581. The quantitative estimate of drug-likeness (QED) is 0.517. The third kappa shape index (κ3) is 2.95. The van der Waals surface area contributed by atoms with Crippen molar-refractivity contribution in [3.63, 3.8) is 0 Å². The van der Waals surface area contributed by atoms with Crippen molar-refractivity contribution in [2.24, 2.45) is 0 Å². The Labute approximate surface area is 133 Å². The second-order valence-electron chi connectivity index (χ2n) is 3.41. The standard InChI is InChI=1S/C12H6Br4O/c13-6-1-2-8(10(15)4-6)9-3-7(14)5-11(16)12(9)17/h1-5,17H. The minimum Gasteiger partial charge on any atom is -0.506 e. The number of halogens is 4. The number of benzene rings is 2. The van der Waals surface area contributed by atoms with Gasteiger partial charge in [-0.05, 0) is 45.8 Å². The van der Waals surface area contributed by atoms with Crippen LogP contribution in [0.1, 0.15) is 0 Å². The Kier molecular flexibility index (Phi) is 4.34. The van der Waals surface area contributed by atoms with Gasteiger partial charge in [0.1, 0.15) is 5.75 Å². The third-order valence-electron chi connectivity index (χ3n) is 2.25. The molecular weight excluding hydrogens is 480 g/mol. The van der Waals surface area contributed by atoms with Crippen LogP contribution in [0, 0.1) is 0 Å². The molecule has 0 fully saturated rings. The lowest BCUT2D eigenvalue weighted by Gasteiger charge is -2.10. The molecular formula is C12H6Br4O. The molecule has 0 bridgehead atoms. The predicted octanol–water partition coefficient (Wildman–Crippen LogP) is 6.11. The van der Waals surface area contributed by atoms with Gasteiger partial charge in [0.15, 0.2) is 0 Å². The fourth-order valence-electron chi connectivity index (χ4n) is 1.48. The first-order valence-corrected chi connectivity index (χ1v) is 7.79.